The highest BCUT2D eigenvalue weighted by molar-refractivity contribution is 14.1. The minimum Gasteiger partial charge on any atom is -0.490 e. The molecule has 0 radical (unpaired) electrons. The van der Waals surface area contributed by atoms with E-state index in [4.69, 9.17) is 14.2 Å². The highest BCUT2D eigenvalue weighted by Crippen LogP contribution is 2.40. The fraction of sp³-hybridized carbons (Fsp3) is 0.174. The first-order valence-electron chi connectivity index (χ1n) is 10.3. The number of hydrogen-bond donors (Lipinski definition) is 1. The second-order valence-corrected chi connectivity index (χ2v) is 17.0. The van der Waals surface area contributed by atoms with Crippen molar-refractivity contribution in [2.24, 2.45) is 5.41 Å². The van der Waals surface area contributed by atoms with Crippen LogP contribution < -0.4 is 14.2 Å². The monoisotopic (exact) mass is 1160 g/mol. The third-order valence-corrected chi connectivity index (χ3v) is 11.6. The van der Waals surface area contributed by atoms with Gasteiger partial charge in [-0.05, 0) is 152 Å². The summed E-state index contributed by atoms with van der Waals surface area (Å²) in [5.41, 5.74) is -1.34. The summed E-state index contributed by atoms with van der Waals surface area (Å²) >= 11 is 24.3. The lowest BCUT2D eigenvalue weighted by Crippen LogP contribution is -2.42. The molecule has 0 amide bonds. The maximum absolute atomic E-state index is 13.6. The molecule has 0 saturated carbocycles. The van der Waals surface area contributed by atoms with Crippen molar-refractivity contribution in [1.82, 2.24) is 0 Å². The van der Waals surface area contributed by atoms with Crippen LogP contribution in [0.5, 0.6) is 17.2 Å². The van der Waals surface area contributed by atoms with Crippen LogP contribution in [-0.4, -0.2) is 32.2 Å². The molecule has 0 unspecified atom stereocenters. The summed E-state index contributed by atoms with van der Waals surface area (Å²) in [5.74, 6) is 0.376. The predicted molar refractivity (Wildman–Crippen MR) is 186 cm³/mol. The number of ether oxygens (including phenoxy) is 3. The standard InChI is InChI=1S/C23H14Br6I2O7S/c1-23(8-36-19-13(26)2-10(24)3-14(19)27,9-37-20-15(28)4-11(25)5-16(20)29)22(32)38-12-6-17(30)21(18(31)7-12)39(33,34)35/h2-7H,8-9H2,1H3,(H,33,34,35). The SMILES string of the molecule is CC(COc1c(Br)cc(Br)cc1Br)(COc1c(Br)cc(Br)cc1Br)C(=O)Oc1cc(I)c(S(=O)(=O)O)c(I)c1. The molecule has 0 aromatic heterocycles. The summed E-state index contributed by atoms with van der Waals surface area (Å²) in [6, 6.07) is 9.95. The van der Waals surface area contributed by atoms with Crippen molar-refractivity contribution in [3.05, 3.63) is 70.4 Å². The van der Waals surface area contributed by atoms with Gasteiger partial charge in [-0.15, -0.1) is 0 Å². The average molecular weight is 1170 g/mol. The fourth-order valence-corrected chi connectivity index (χ4v) is 12.0. The van der Waals surface area contributed by atoms with E-state index in [1.165, 1.54) is 12.1 Å². The van der Waals surface area contributed by atoms with Gasteiger partial charge in [0.25, 0.3) is 10.1 Å². The van der Waals surface area contributed by atoms with Gasteiger partial charge in [-0.1, -0.05) is 31.9 Å². The van der Waals surface area contributed by atoms with Crippen molar-refractivity contribution in [3.63, 3.8) is 0 Å². The third kappa shape index (κ3) is 9.00. The summed E-state index contributed by atoms with van der Waals surface area (Å²) in [6.45, 7) is 1.38. The molecule has 3 rings (SSSR count). The molecule has 39 heavy (non-hydrogen) atoms. The van der Waals surface area contributed by atoms with E-state index in [1.807, 2.05) is 24.3 Å². The normalized spacial score (nSPS) is 11.8. The lowest BCUT2D eigenvalue weighted by molar-refractivity contribution is -0.148. The van der Waals surface area contributed by atoms with E-state index in [0.717, 1.165) is 8.95 Å². The average Bonchev–Trinajstić information content (AvgIpc) is 2.76. The number of benzene rings is 3. The maximum Gasteiger partial charge on any atom is 0.324 e. The van der Waals surface area contributed by atoms with Gasteiger partial charge in [0, 0.05) is 16.1 Å². The second kappa shape index (κ2) is 14.2. The molecular formula is C23H14Br6I2O7S. The highest BCUT2D eigenvalue weighted by atomic mass is 127. The van der Waals surface area contributed by atoms with Crippen LogP contribution in [-0.2, 0) is 14.9 Å². The molecule has 0 aliphatic carbocycles. The van der Waals surface area contributed by atoms with E-state index in [-0.39, 0.29) is 31.0 Å². The van der Waals surface area contributed by atoms with Crippen LogP contribution in [0.25, 0.3) is 0 Å². The van der Waals surface area contributed by atoms with Crippen LogP contribution >= 0.6 is 141 Å². The van der Waals surface area contributed by atoms with Gasteiger partial charge in [0.1, 0.15) is 40.8 Å². The van der Waals surface area contributed by atoms with Crippen molar-refractivity contribution < 1.29 is 32.0 Å². The molecule has 0 aliphatic heterocycles. The molecule has 3 aromatic carbocycles. The topological polar surface area (TPSA) is 99.1 Å². The largest absolute Gasteiger partial charge is 0.490 e. The molecule has 7 nitrogen and oxygen atoms in total. The minimum absolute atomic E-state index is 0.101. The zero-order chi connectivity index (χ0) is 29.3. The molecule has 3 aromatic rings. The number of esters is 1. The molecule has 0 heterocycles. The molecular weight excluding hydrogens is 1150 g/mol. The number of carbonyl (C=O) groups is 1. The number of carbonyl (C=O) groups excluding carboxylic acids is 1. The molecule has 1 N–H and O–H groups in total. The van der Waals surface area contributed by atoms with E-state index >= 15 is 0 Å². The van der Waals surface area contributed by atoms with Crippen LogP contribution in [0.2, 0.25) is 0 Å². The van der Waals surface area contributed by atoms with Crippen molar-refractivity contribution in [2.45, 2.75) is 11.8 Å². The summed E-state index contributed by atoms with van der Waals surface area (Å²) < 4.78 is 55.5. The van der Waals surface area contributed by atoms with Crippen molar-refractivity contribution in [3.8, 4) is 17.2 Å². The van der Waals surface area contributed by atoms with Crippen molar-refractivity contribution >= 4 is 157 Å². The molecule has 0 spiro atoms. The van der Waals surface area contributed by atoms with Crippen molar-refractivity contribution in [2.75, 3.05) is 13.2 Å². The highest BCUT2D eigenvalue weighted by Gasteiger charge is 2.39. The molecule has 0 aliphatic rings. The third-order valence-electron chi connectivity index (χ3n) is 4.93. The van der Waals surface area contributed by atoms with Gasteiger partial charge in [-0.25, -0.2) is 0 Å². The van der Waals surface area contributed by atoms with Crippen LogP contribution in [0.1, 0.15) is 6.92 Å². The van der Waals surface area contributed by atoms with E-state index in [0.29, 0.717) is 29.4 Å². The fourth-order valence-electron chi connectivity index (χ4n) is 3.03. The minimum atomic E-state index is -4.46. The van der Waals surface area contributed by atoms with Gasteiger partial charge in [0.05, 0.1) is 17.9 Å². The smallest absolute Gasteiger partial charge is 0.324 e. The molecule has 0 saturated heterocycles. The molecule has 210 valence electrons. The Morgan fingerprint density at radius 3 is 1.49 bits per heavy atom. The number of rotatable bonds is 9. The van der Waals surface area contributed by atoms with E-state index in [9.17, 15) is 17.8 Å². The summed E-state index contributed by atoms with van der Waals surface area (Å²) in [4.78, 5) is 13.4. The summed E-state index contributed by atoms with van der Waals surface area (Å²) in [6.07, 6.45) is 0. The Bertz CT molecular complexity index is 1420. The quantitative estimate of drug-likeness (QED) is 0.0987. The lowest BCUT2D eigenvalue weighted by atomic mass is 9.93. The van der Waals surface area contributed by atoms with E-state index in [2.05, 4.69) is 95.6 Å². The summed E-state index contributed by atoms with van der Waals surface area (Å²) in [7, 11) is -4.46. The zero-order valence-corrected chi connectivity index (χ0v) is 33.9. The van der Waals surface area contributed by atoms with Crippen LogP contribution in [0.3, 0.4) is 0 Å². The number of halogens is 8. The molecule has 0 atom stereocenters. The van der Waals surface area contributed by atoms with Gasteiger partial charge < -0.3 is 14.2 Å². The first-order chi connectivity index (χ1) is 18.0. The first kappa shape index (κ1) is 34.5. The van der Waals surface area contributed by atoms with Gasteiger partial charge in [-0.2, -0.15) is 8.42 Å². The van der Waals surface area contributed by atoms with Gasteiger partial charge in [-0.3, -0.25) is 9.35 Å². The van der Waals surface area contributed by atoms with E-state index in [1.54, 1.807) is 52.1 Å². The van der Waals surface area contributed by atoms with Gasteiger partial charge >= 0.3 is 5.97 Å². The Labute approximate surface area is 302 Å². The zero-order valence-electron chi connectivity index (χ0n) is 19.2. The molecule has 0 bridgehead atoms. The van der Waals surface area contributed by atoms with E-state index < -0.39 is 21.5 Å². The lowest BCUT2D eigenvalue weighted by Gasteiger charge is -2.28. The van der Waals surface area contributed by atoms with Crippen LogP contribution in [0, 0.1) is 12.6 Å². The van der Waals surface area contributed by atoms with Gasteiger partial charge in [0.15, 0.2) is 0 Å². The molecule has 0 fully saturated rings. The molecule has 16 heteroatoms. The van der Waals surface area contributed by atoms with Gasteiger partial charge in [0.2, 0.25) is 0 Å². The number of hydrogen-bond acceptors (Lipinski definition) is 6. The first-order valence-corrected chi connectivity index (χ1v) is 18.6. The Hall–Kier alpha value is 0.980. The van der Waals surface area contributed by atoms with Crippen LogP contribution in [0.4, 0.5) is 0 Å². The van der Waals surface area contributed by atoms with Crippen molar-refractivity contribution in [1.29, 1.82) is 0 Å². The summed E-state index contributed by atoms with van der Waals surface area (Å²) in [5, 5.41) is 0. The van der Waals surface area contributed by atoms with Crippen LogP contribution in [0.15, 0.2) is 68.1 Å². The Morgan fingerprint density at radius 2 is 1.15 bits per heavy atom. The predicted octanol–water partition coefficient (Wildman–Crippen LogP) is 9.79. The Kier molecular flexibility index (Phi) is 12.5. The Balaban J connectivity index is 1.95. The maximum atomic E-state index is 13.6. The second-order valence-electron chi connectivity index (χ2n) is 8.12. The Morgan fingerprint density at radius 1 is 0.795 bits per heavy atom.